The first-order valence-electron chi connectivity index (χ1n) is 6.99. The SMILES string of the molecule is CCC(NC(=O)Nc1ccc(C(C)O)cc1)c1cccs1. The van der Waals surface area contributed by atoms with Gasteiger partial charge in [-0.2, -0.15) is 0 Å². The zero-order valence-corrected chi connectivity index (χ0v) is 13.0. The van der Waals surface area contributed by atoms with Crippen LogP contribution in [0.15, 0.2) is 41.8 Å². The Balaban J connectivity index is 1.94. The molecule has 0 aliphatic carbocycles. The van der Waals surface area contributed by atoms with Crippen LogP contribution in [0.2, 0.25) is 0 Å². The highest BCUT2D eigenvalue weighted by atomic mass is 32.1. The number of carbonyl (C=O) groups is 1. The number of aliphatic hydroxyl groups is 1. The summed E-state index contributed by atoms with van der Waals surface area (Å²) in [4.78, 5) is 13.2. The van der Waals surface area contributed by atoms with Crippen molar-refractivity contribution in [2.24, 2.45) is 0 Å². The van der Waals surface area contributed by atoms with Gasteiger partial charge in [-0.15, -0.1) is 11.3 Å². The van der Waals surface area contributed by atoms with Crippen LogP contribution in [-0.4, -0.2) is 11.1 Å². The molecular formula is C16H20N2O2S. The van der Waals surface area contributed by atoms with E-state index in [9.17, 15) is 9.90 Å². The van der Waals surface area contributed by atoms with Crippen molar-refractivity contribution in [3.63, 3.8) is 0 Å². The van der Waals surface area contributed by atoms with Crippen LogP contribution >= 0.6 is 11.3 Å². The van der Waals surface area contributed by atoms with Crippen LogP contribution in [0.5, 0.6) is 0 Å². The number of rotatable bonds is 5. The van der Waals surface area contributed by atoms with Gasteiger partial charge in [0.15, 0.2) is 0 Å². The van der Waals surface area contributed by atoms with Crippen molar-refractivity contribution in [3.05, 3.63) is 52.2 Å². The number of amides is 2. The van der Waals surface area contributed by atoms with E-state index < -0.39 is 6.10 Å². The van der Waals surface area contributed by atoms with Crippen LogP contribution in [0.3, 0.4) is 0 Å². The zero-order chi connectivity index (χ0) is 15.2. The maximum absolute atomic E-state index is 12.0. The number of nitrogens with one attached hydrogen (secondary N) is 2. The number of carbonyl (C=O) groups excluding carboxylic acids is 1. The summed E-state index contributed by atoms with van der Waals surface area (Å²) in [5.41, 5.74) is 1.53. The number of aliphatic hydroxyl groups excluding tert-OH is 1. The van der Waals surface area contributed by atoms with Crippen molar-refractivity contribution < 1.29 is 9.90 Å². The molecule has 0 spiro atoms. The van der Waals surface area contributed by atoms with Crippen LogP contribution in [-0.2, 0) is 0 Å². The average Bonchev–Trinajstić information content (AvgIpc) is 2.99. The maximum atomic E-state index is 12.0. The first-order valence-corrected chi connectivity index (χ1v) is 7.87. The molecule has 2 rings (SSSR count). The Morgan fingerprint density at radius 3 is 2.52 bits per heavy atom. The van der Waals surface area contributed by atoms with Gasteiger partial charge in [0.25, 0.3) is 0 Å². The van der Waals surface area contributed by atoms with Gasteiger partial charge in [0.2, 0.25) is 0 Å². The highest BCUT2D eigenvalue weighted by molar-refractivity contribution is 7.10. The van der Waals surface area contributed by atoms with Gasteiger partial charge in [0, 0.05) is 10.6 Å². The van der Waals surface area contributed by atoms with Crippen molar-refractivity contribution in [2.75, 3.05) is 5.32 Å². The smallest absolute Gasteiger partial charge is 0.319 e. The Kier molecular flexibility index (Phi) is 5.36. The van der Waals surface area contributed by atoms with Crippen molar-refractivity contribution in [1.29, 1.82) is 0 Å². The fourth-order valence-corrected chi connectivity index (χ4v) is 2.90. The number of benzene rings is 1. The van der Waals surface area contributed by atoms with E-state index in [1.165, 1.54) is 0 Å². The molecule has 21 heavy (non-hydrogen) atoms. The fraction of sp³-hybridized carbons (Fsp3) is 0.312. The van der Waals surface area contributed by atoms with E-state index in [2.05, 4.69) is 10.6 Å². The van der Waals surface area contributed by atoms with Crippen LogP contribution in [0.25, 0.3) is 0 Å². The molecule has 2 unspecified atom stereocenters. The standard InChI is InChI=1S/C16H20N2O2S/c1-3-14(15-5-4-10-21-15)18-16(20)17-13-8-6-12(7-9-13)11(2)19/h4-11,14,19H,3H2,1-2H3,(H2,17,18,20). The number of hydrogen-bond donors (Lipinski definition) is 3. The fourth-order valence-electron chi connectivity index (χ4n) is 2.03. The molecule has 2 aromatic rings. The van der Waals surface area contributed by atoms with Gasteiger partial charge in [-0.3, -0.25) is 0 Å². The largest absolute Gasteiger partial charge is 0.389 e. The molecule has 0 radical (unpaired) electrons. The summed E-state index contributed by atoms with van der Waals surface area (Å²) in [7, 11) is 0. The molecule has 0 saturated carbocycles. The molecular weight excluding hydrogens is 284 g/mol. The summed E-state index contributed by atoms with van der Waals surface area (Å²) >= 11 is 1.64. The minimum atomic E-state index is -0.504. The molecule has 2 amide bonds. The lowest BCUT2D eigenvalue weighted by Crippen LogP contribution is -2.31. The minimum Gasteiger partial charge on any atom is -0.389 e. The molecule has 0 fully saturated rings. The number of hydrogen-bond acceptors (Lipinski definition) is 3. The normalized spacial score (nSPS) is 13.5. The van der Waals surface area contributed by atoms with Gasteiger partial charge < -0.3 is 15.7 Å². The van der Waals surface area contributed by atoms with Crippen molar-refractivity contribution in [2.45, 2.75) is 32.4 Å². The van der Waals surface area contributed by atoms with Crippen LogP contribution < -0.4 is 10.6 Å². The molecule has 1 aromatic carbocycles. The molecule has 0 aliphatic rings. The van der Waals surface area contributed by atoms with Crippen LogP contribution in [0, 0.1) is 0 Å². The van der Waals surface area contributed by atoms with E-state index in [0.29, 0.717) is 5.69 Å². The van der Waals surface area contributed by atoms with Crippen LogP contribution in [0.1, 0.15) is 42.9 Å². The Labute approximate surface area is 128 Å². The summed E-state index contributed by atoms with van der Waals surface area (Å²) < 4.78 is 0. The molecule has 4 nitrogen and oxygen atoms in total. The quantitative estimate of drug-likeness (QED) is 0.779. The Morgan fingerprint density at radius 2 is 2.00 bits per heavy atom. The second-order valence-corrected chi connectivity index (χ2v) is 5.85. The van der Waals surface area contributed by atoms with E-state index in [1.807, 2.05) is 24.4 Å². The Hall–Kier alpha value is -1.85. The van der Waals surface area contributed by atoms with Crippen LogP contribution in [0.4, 0.5) is 10.5 Å². The minimum absolute atomic E-state index is 0.0294. The molecule has 3 N–H and O–H groups in total. The molecule has 5 heteroatoms. The maximum Gasteiger partial charge on any atom is 0.319 e. The van der Waals surface area contributed by atoms with Gasteiger partial charge in [0.05, 0.1) is 12.1 Å². The van der Waals surface area contributed by atoms with Gasteiger partial charge in [-0.05, 0) is 42.5 Å². The van der Waals surface area contributed by atoms with Gasteiger partial charge in [-0.25, -0.2) is 4.79 Å². The first kappa shape index (κ1) is 15.5. The third-order valence-electron chi connectivity index (χ3n) is 3.25. The Morgan fingerprint density at radius 1 is 1.29 bits per heavy atom. The van der Waals surface area contributed by atoms with Gasteiger partial charge >= 0.3 is 6.03 Å². The van der Waals surface area contributed by atoms with Gasteiger partial charge in [-0.1, -0.05) is 25.1 Å². The highest BCUT2D eigenvalue weighted by Crippen LogP contribution is 2.22. The van der Waals surface area contributed by atoms with E-state index in [-0.39, 0.29) is 12.1 Å². The first-order chi connectivity index (χ1) is 10.1. The van der Waals surface area contributed by atoms with Crippen molar-refractivity contribution in [3.8, 4) is 0 Å². The van der Waals surface area contributed by atoms with E-state index in [0.717, 1.165) is 16.9 Å². The summed E-state index contributed by atoms with van der Waals surface area (Å²) in [6.45, 7) is 3.75. The Bertz CT molecular complexity index is 564. The number of anilines is 1. The topological polar surface area (TPSA) is 61.4 Å². The average molecular weight is 304 g/mol. The molecule has 0 aliphatic heterocycles. The third-order valence-corrected chi connectivity index (χ3v) is 4.24. The number of urea groups is 1. The van der Waals surface area contributed by atoms with E-state index >= 15 is 0 Å². The van der Waals surface area contributed by atoms with Crippen molar-refractivity contribution >= 4 is 23.1 Å². The molecule has 1 heterocycles. The molecule has 112 valence electrons. The molecule has 0 bridgehead atoms. The number of thiophene rings is 1. The molecule has 0 saturated heterocycles. The zero-order valence-electron chi connectivity index (χ0n) is 12.2. The lowest BCUT2D eigenvalue weighted by atomic mass is 10.1. The predicted octanol–water partition coefficient (Wildman–Crippen LogP) is 4.07. The highest BCUT2D eigenvalue weighted by Gasteiger charge is 2.13. The lowest BCUT2D eigenvalue weighted by Gasteiger charge is -2.16. The monoisotopic (exact) mass is 304 g/mol. The second-order valence-electron chi connectivity index (χ2n) is 4.87. The van der Waals surface area contributed by atoms with E-state index in [4.69, 9.17) is 0 Å². The van der Waals surface area contributed by atoms with E-state index in [1.54, 1.807) is 42.5 Å². The third kappa shape index (κ3) is 4.31. The molecule has 2 atom stereocenters. The summed E-state index contributed by atoms with van der Waals surface area (Å²) in [5.74, 6) is 0. The van der Waals surface area contributed by atoms with Gasteiger partial charge in [0.1, 0.15) is 0 Å². The lowest BCUT2D eigenvalue weighted by molar-refractivity contribution is 0.199. The van der Waals surface area contributed by atoms with Crippen molar-refractivity contribution in [1.82, 2.24) is 5.32 Å². The summed E-state index contributed by atoms with van der Waals surface area (Å²) in [6, 6.07) is 11.0. The predicted molar refractivity (Wildman–Crippen MR) is 86.6 cm³/mol. The molecule has 1 aromatic heterocycles. The summed E-state index contributed by atoms with van der Waals surface area (Å²) in [5, 5.41) is 17.2. The second kappa shape index (κ2) is 7.24. The summed E-state index contributed by atoms with van der Waals surface area (Å²) in [6.07, 6.45) is 0.339.